The van der Waals surface area contributed by atoms with E-state index < -0.39 is 5.97 Å². The van der Waals surface area contributed by atoms with Gasteiger partial charge in [-0.05, 0) is 18.2 Å². The van der Waals surface area contributed by atoms with Crippen LogP contribution in [0.5, 0.6) is 5.75 Å². The fourth-order valence-corrected chi connectivity index (χ4v) is 1.27. The predicted octanol–water partition coefficient (Wildman–Crippen LogP) is 2.13. The van der Waals surface area contributed by atoms with Gasteiger partial charge >= 0.3 is 5.97 Å². The van der Waals surface area contributed by atoms with E-state index in [-0.39, 0.29) is 11.4 Å². The predicted molar refractivity (Wildman–Crippen MR) is 57.3 cm³/mol. The molecular weight excluding hydrogens is 232 g/mol. The number of carbonyl (C=O) groups is 1. The Bertz CT molecular complexity index is 524. The molecule has 0 aliphatic heterocycles. The van der Waals surface area contributed by atoms with Crippen LogP contribution in [0.25, 0.3) is 0 Å². The zero-order valence-electron chi connectivity index (χ0n) is 8.01. The lowest BCUT2D eigenvalue weighted by atomic mass is 10.3. The van der Waals surface area contributed by atoms with E-state index in [0.29, 0.717) is 10.8 Å². The number of ether oxygens (including phenoxy) is 1. The first-order chi connectivity index (χ1) is 7.66. The third-order valence-corrected chi connectivity index (χ3v) is 2.06. The molecule has 0 radical (unpaired) electrons. The summed E-state index contributed by atoms with van der Waals surface area (Å²) >= 11 is 5.74. The molecule has 0 amide bonds. The van der Waals surface area contributed by atoms with Crippen molar-refractivity contribution in [3.8, 4) is 5.75 Å². The largest absolute Gasteiger partial charge is 0.423 e. The molecule has 1 aromatic heterocycles. The summed E-state index contributed by atoms with van der Waals surface area (Å²) in [5.74, 6) is -0.383. The van der Waals surface area contributed by atoms with Crippen LogP contribution >= 0.6 is 11.6 Å². The van der Waals surface area contributed by atoms with E-state index >= 15 is 0 Å². The average molecular weight is 239 g/mol. The van der Waals surface area contributed by atoms with E-state index in [4.69, 9.17) is 22.1 Å². The average Bonchev–Trinajstić information content (AvgIpc) is 2.64. The molecule has 0 spiro atoms. The minimum atomic E-state index is -0.638. The molecule has 6 heteroatoms. The highest BCUT2D eigenvalue weighted by Gasteiger charge is 2.16. The molecule has 0 fully saturated rings. The number of benzene rings is 1. The lowest BCUT2D eigenvalue weighted by Crippen LogP contribution is -2.09. The van der Waals surface area contributed by atoms with Crippen molar-refractivity contribution in [2.75, 3.05) is 5.73 Å². The molecule has 0 bridgehead atoms. The van der Waals surface area contributed by atoms with Crippen LogP contribution in [0.15, 0.2) is 35.0 Å². The molecule has 16 heavy (non-hydrogen) atoms. The van der Waals surface area contributed by atoms with Crippen LogP contribution in [0, 0.1) is 0 Å². The van der Waals surface area contributed by atoms with Crippen molar-refractivity contribution < 1.29 is 14.1 Å². The van der Waals surface area contributed by atoms with Crippen LogP contribution in [0.2, 0.25) is 5.02 Å². The number of nitrogens with two attached hydrogens (primary N) is 1. The van der Waals surface area contributed by atoms with Crippen LogP contribution in [0.1, 0.15) is 10.4 Å². The van der Waals surface area contributed by atoms with Crippen molar-refractivity contribution in [3.05, 3.63) is 41.0 Å². The Balaban J connectivity index is 2.17. The summed E-state index contributed by atoms with van der Waals surface area (Å²) in [6.07, 6.45) is 1.20. The van der Waals surface area contributed by atoms with Crippen LogP contribution in [0.3, 0.4) is 0 Å². The first kappa shape index (κ1) is 10.5. The number of halogens is 1. The Morgan fingerprint density at radius 3 is 2.94 bits per heavy atom. The summed E-state index contributed by atoms with van der Waals surface area (Å²) in [6.45, 7) is 0. The van der Waals surface area contributed by atoms with Crippen LogP contribution in [0.4, 0.5) is 5.88 Å². The SMILES string of the molecule is Nc1oncc1C(=O)Oc1cccc(Cl)c1. The number of esters is 1. The monoisotopic (exact) mass is 238 g/mol. The molecule has 1 aromatic carbocycles. The van der Waals surface area contributed by atoms with E-state index in [1.54, 1.807) is 18.2 Å². The van der Waals surface area contributed by atoms with Crippen molar-refractivity contribution >= 4 is 23.5 Å². The first-order valence-corrected chi connectivity index (χ1v) is 4.72. The second-order valence-corrected chi connectivity index (χ2v) is 3.39. The van der Waals surface area contributed by atoms with Gasteiger partial charge in [-0.2, -0.15) is 0 Å². The van der Waals surface area contributed by atoms with Gasteiger partial charge in [-0.25, -0.2) is 4.79 Å². The van der Waals surface area contributed by atoms with E-state index in [9.17, 15) is 4.79 Å². The summed E-state index contributed by atoms with van der Waals surface area (Å²) in [5.41, 5.74) is 5.45. The summed E-state index contributed by atoms with van der Waals surface area (Å²) in [4.78, 5) is 11.6. The molecule has 5 nitrogen and oxygen atoms in total. The van der Waals surface area contributed by atoms with Gasteiger partial charge < -0.3 is 15.0 Å². The van der Waals surface area contributed by atoms with Gasteiger partial charge in [0.25, 0.3) is 0 Å². The quantitative estimate of drug-likeness (QED) is 0.641. The number of carbonyl (C=O) groups excluding carboxylic acids is 1. The second kappa shape index (κ2) is 4.24. The number of nitrogens with zero attached hydrogens (tertiary/aromatic N) is 1. The normalized spacial score (nSPS) is 10.1. The van der Waals surface area contributed by atoms with Gasteiger partial charge in [0, 0.05) is 5.02 Å². The van der Waals surface area contributed by atoms with E-state index in [0.717, 1.165) is 0 Å². The van der Waals surface area contributed by atoms with Crippen molar-refractivity contribution in [3.63, 3.8) is 0 Å². The lowest BCUT2D eigenvalue weighted by molar-refractivity contribution is 0.0735. The van der Waals surface area contributed by atoms with E-state index in [1.165, 1.54) is 12.3 Å². The van der Waals surface area contributed by atoms with Crippen LogP contribution in [-0.2, 0) is 0 Å². The highest BCUT2D eigenvalue weighted by atomic mass is 35.5. The molecule has 0 aliphatic rings. The van der Waals surface area contributed by atoms with Gasteiger partial charge in [0.15, 0.2) is 0 Å². The maximum absolute atomic E-state index is 11.6. The van der Waals surface area contributed by atoms with Gasteiger partial charge in [0.2, 0.25) is 5.88 Å². The van der Waals surface area contributed by atoms with Crippen molar-refractivity contribution in [1.82, 2.24) is 5.16 Å². The molecule has 2 rings (SSSR count). The molecular formula is C10H7ClN2O3. The Morgan fingerprint density at radius 2 is 2.31 bits per heavy atom. The highest BCUT2D eigenvalue weighted by Crippen LogP contribution is 2.19. The topological polar surface area (TPSA) is 78.4 Å². The number of aromatic nitrogens is 1. The Hall–Kier alpha value is -2.01. The number of rotatable bonds is 2. The maximum atomic E-state index is 11.6. The summed E-state index contributed by atoms with van der Waals surface area (Å²) in [6, 6.07) is 6.46. The van der Waals surface area contributed by atoms with E-state index in [2.05, 4.69) is 9.68 Å². The van der Waals surface area contributed by atoms with Gasteiger partial charge in [0.1, 0.15) is 11.3 Å². The third kappa shape index (κ3) is 2.14. The fourth-order valence-electron chi connectivity index (χ4n) is 1.09. The molecule has 0 atom stereocenters. The van der Waals surface area contributed by atoms with Crippen molar-refractivity contribution in [1.29, 1.82) is 0 Å². The zero-order chi connectivity index (χ0) is 11.5. The highest BCUT2D eigenvalue weighted by molar-refractivity contribution is 6.30. The molecule has 2 aromatic rings. The second-order valence-electron chi connectivity index (χ2n) is 2.95. The molecule has 0 unspecified atom stereocenters. The maximum Gasteiger partial charge on any atom is 0.350 e. The molecule has 1 heterocycles. The first-order valence-electron chi connectivity index (χ1n) is 4.34. The third-order valence-electron chi connectivity index (χ3n) is 1.82. The van der Waals surface area contributed by atoms with Gasteiger partial charge in [-0.3, -0.25) is 0 Å². The summed E-state index contributed by atoms with van der Waals surface area (Å²) in [5, 5.41) is 3.85. The summed E-state index contributed by atoms with van der Waals surface area (Å²) < 4.78 is 9.56. The zero-order valence-corrected chi connectivity index (χ0v) is 8.77. The van der Waals surface area contributed by atoms with Gasteiger partial charge in [-0.1, -0.05) is 22.8 Å². The van der Waals surface area contributed by atoms with Crippen LogP contribution in [-0.4, -0.2) is 11.1 Å². The summed E-state index contributed by atoms with van der Waals surface area (Å²) in [7, 11) is 0. The Kier molecular flexibility index (Phi) is 2.78. The standard InChI is InChI=1S/C10H7ClN2O3/c11-6-2-1-3-7(4-6)15-10(14)8-5-13-16-9(8)12/h1-5H,12H2. The van der Waals surface area contributed by atoms with E-state index in [1.807, 2.05) is 0 Å². The molecule has 0 saturated heterocycles. The number of nitrogen functional groups attached to an aromatic ring is 1. The molecule has 82 valence electrons. The number of anilines is 1. The smallest absolute Gasteiger partial charge is 0.350 e. The minimum absolute atomic E-state index is 0.0768. The fraction of sp³-hybridized carbons (Fsp3) is 0. The van der Waals surface area contributed by atoms with Crippen molar-refractivity contribution in [2.45, 2.75) is 0 Å². The Labute approximate surface area is 95.7 Å². The molecule has 0 saturated carbocycles. The van der Waals surface area contributed by atoms with Gasteiger partial charge in [0.05, 0.1) is 6.20 Å². The Morgan fingerprint density at radius 1 is 1.50 bits per heavy atom. The lowest BCUT2D eigenvalue weighted by Gasteiger charge is -2.02. The number of hydrogen-bond donors (Lipinski definition) is 1. The van der Waals surface area contributed by atoms with Gasteiger partial charge in [-0.15, -0.1) is 0 Å². The van der Waals surface area contributed by atoms with Crippen molar-refractivity contribution in [2.24, 2.45) is 0 Å². The minimum Gasteiger partial charge on any atom is -0.423 e. The molecule has 0 aliphatic carbocycles. The van der Waals surface area contributed by atoms with Crippen LogP contribution < -0.4 is 10.5 Å². The number of hydrogen-bond acceptors (Lipinski definition) is 5. The molecule has 2 N–H and O–H groups in total.